The number of rotatable bonds is 3. The van der Waals surface area contributed by atoms with Crippen molar-refractivity contribution < 1.29 is 0 Å². The second kappa shape index (κ2) is 4.60. The van der Waals surface area contributed by atoms with Crippen LogP contribution in [0, 0.1) is 0 Å². The van der Waals surface area contributed by atoms with Crippen molar-refractivity contribution in [2.45, 2.75) is 38.6 Å². The minimum Gasteiger partial charge on any atom is -0.324 e. The number of nitrogens with two attached hydrogens (primary N) is 1. The van der Waals surface area contributed by atoms with Gasteiger partial charge < -0.3 is 5.73 Å². The fraction of sp³-hybridized carbons (Fsp3) is 0.583. The molecule has 4 heteroatoms. The Morgan fingerprint density at radius 3 is 2.88 bits per heavy atom. The third-order valence-corrected chi connectivity index (χ3v) is 3.58. The van der Waals surface area contributed by atoms with Gasteiger partial charge in [-0.2, -0.15) is 5.10 Å². The maximum absolute atomic E-state index is 6.30. The molecule has 1 unspecified atom stereocenters. The molecule has 3 nitrogen and oxygen atoms in total. The average Bonchev–Trinajstić information content (AvgIpc) is 2.77. The predicted molar refractivity (Wildman–Crippen MR) is 66.6 cm³/mol. The maximum atomic E-state index is 6.30. The van der Waals surface area contributed by atoms with Gasteiger partial charge in [0.1, 0.15) is 0 Å². The summed E-state index contributed by atoms with van der Waals surface area (Å²) in [7, 11) is 1.95. The Morgan fingerprint density at radius 2 is 2.38 bits per heavy atom. The van der Waals surface area contributed by atoms with Crippen LogP contribution in [0.2, 0.25) is 5.02 Å². The minimum absolute atomic E-state index is 0.229. The van der Waals surface area contributed by atoms with E-state index in [1.807, 2.05) is 11.7 Å². The van der Waals surface area contributed by atoms with E-state index >= 15 is 0 Å². The van der Waals surface area contributed by atoms with Gasteiger partial charge in [-0.3, -0.25) is 4.68 Å². The number of halogens is 1. The lowest BCUT2D eigenvalue weighted by Crippen LogP contribution is -2.11. The van der Waals surface area contributed by atoms with Gasteiger partial charge in [-0.1, -0.05) is 30.2 Å². The van der Waals surface area contributed by atoms with Gasteiger partial charge in [0.2, 0.25) is 0 Å². The quantitative estimate of drug-likeness (QED) is 0.823. The van der Waals surface area contributed by atoms with Crippen LogP contribution in [-0.4, -0.2) is 15.8 Å². The van der Waals surface area contributed by atoms with Gasteiger partial charge in [-0.25, -0.2) is 0 Å². The molecule has 1 atom stereocenters. The molecule has 0 aliphatic heterocycles. The lowest BCUT2D eigenvalue weighted by molar-refractivity contribution is 0.702. The number of hydrogen-bond acceptors (Lipinski definition) is 2. The molecule has 1 aliphatic rings. The van der Waals surface area contributed by atoms with Crippen LogP contribution in [0.3, 0.4) is 0 Å². The fourth-order valence-corrected chi connectivity index (χ4v) is 2.56. The summed E-state index contributed by atoms with van der Waals surface area (Å²) in [6.45, 7) is 2.07. The highest BCUT2D eigenvalue weighted by molar-refractivity contribution is 6.31. The standard InChI is InChI=1S/C12H18ClN3/c1-3-10-12(13)11(16(2)15-10)7-8-4-5-9(14)6-8/h6,9H,3-5,7,14H2,1-2H3. The predicted octanol–water partition coefficient (Wildman–Crippen LogP) is 2.23. The van der Waals surface area contributed by atoms with Crippen molar-refractivity contribution in [1.82, 2.24) is 9.78 Å². The zero-order valence-electron chi connectivity index (χ0n) is 9.83. The molecule has 88 valence electrons. The summed E-state index contributed by atoms with van der Waals surface area (Å²) in [4.78, 5) is 0. The molecule has 0 bridgehead atoms. The van der Waals surface area contributed by atoms with Crippen LogP contribution >= 0.6 is 11.6 Å². The lowest BCUT2D eigenvalue weighted by atomic mass is 10.1. The highest BCUT2D eigenvalue weighted by Gasteiger charge is 2.17. The van der Waals surface area contributed by atoms with Crippen molar-refractivity contribution in [3.05, 3.63) is 28.1 Å². The van der Waals surface area contributed by atoms with E-state index < -0.39 is 0 Å². The van der Waals surface area contributed by atoms with Crippen LogP contribution < -0.4 is 5.73 Å². The van der Waals surface area contributed by atoms with Crippen LogP contribution in [-0.2, 0) is 19.9 Å². The first-order valence-electron chi connectivity index (χ1n) is 5.77. The van der Waals surface area contributed by atoms with Crippen molar-refractivity contribution in [3.8, 4) is 0 Å². The molecule has 0 saturated carbocycles. The summed E-state index contributed by atoms with van der Waals surface area (Å²) in [6.07, 6.45) is 6.08. The topological polar surface area (TPSA) is 43.8 Å². The molecule has 2 N–H and O–H groups in total. The monoisotopic (exact) mass is 239 g/mol. The van der Waals surface area contributed by atoms with E-state index in [9.17, 15) is 0 Å². The van der Waals surface area contributed by atoms with Gasteiger partial charge in [-0.15, -0.1) is 0 Å². The summed E-state index contributed by atoms with van der Waals surface area (Å²) < 4.78 is 1.89. The average molecular weight is 240 g/mol. The molecule has 0 saturated heterocycles. The van der Waals surface area contributed by atoms with E-state index in [0.717, 1.165) is 42.1 Å². The molecule has 0 aromatic carbocycles. The molecular weight excluding hydrogens is 222 g/mol. The van der Waals surface area contributed by atoms with Crippen molar-refractivity contribution in [2.75, 3.05) is 0 Å². The minimum atomic E-state index is 0.229. The summed E-state index contributed by atoms with van der Waals surface area (Å²) >= 11 is 6.30. The normalized spacial score (nSPS) is 20.2. The summed E-state index contributed by atoms with van der Waals surface area (Å²) in [5.74, 6) is 0. The lowest BCUT2D eigenvalue weighted by Gasteiger charge is -2.03. The SMILES string of the molecule is CCc1nn(C)c(CC2=CC(N)CC2)c1Cl. The number of allylic oxidation sites excluding steroid dienone is 1. The van der Waals surface area contributed by atoms with Crippen LogP contribution in [0.4, 0.5) is 0 Å². The summed E-state index contributed by atoms with van der Waals surface area (Å²) in [6, 6.07) is 0.229. The molecule has 1 aliphatic carbocycles. The zero-order valence-corrected chi connectivity index (χ0v) is 10.6. The molecule has 0 amide bonds. The van der Waals surface area contributed by atoms with Crippen LogP contribution in [0.25, 0.3) is 0 Å². The van der Waals surface area contributed by atoms with Crippen molar-refractivity contribution in [2.24, 2.45) is 12.8 Å². The van der Waals surface area contributed by atoms with Crippen LogP contribution in [0.15, 0.2) is 11.6 Å². The molecule has 0 fully saturated rings. The highest BCUT2D eigenvalue weighted by Crippen LogP contribution is 2.27. The maximum Gasteiger partial charge on any atom is 0.0853 e. The zero-order chi connectivity index (χ0) is 11.7. The smallest absolute Gasteiger partial charge is 0.0853 e. The Balaban J connectivity index is 2.21. The third-order valence-electron chi connectivity index (χ3n) is 3.15. The Kier molecular flexibility index (Phi) is 3.36. The number of hydrogen-bond donors (Lipinski definition) is 1. The van der Waals surface area contributed by atoms with E-state index in [0.29, 0.717) is 0 Å². The third kappa shape index (κ3) is 2.15. The number of nitrogens with zero attached hydrogens (tertiary/aromatic N) is 2. The molecule has 1 heterocycles. The van der Waals surface area contributed by atoms with E-state index in [4.69, 9.17) is 17.3 Å². The van der Waals surface area contributed by atoms with E-state index in [1.165, 1.54) is 5.57 Å². The summed E-state index contributed by atoms with van der Waals surface area (Å²) in [5.41, 5.74) is 9.34. The number of aryl methyl sites for hydroxylation is 2. The first-order chi connectivity index (χ1) is 7.61. The highest BCUT2D eigenvalue weighted by atomic mass is 35.5. The molecular formula is C12H18ClN3. The van der Waals surface area contributed by atoms with E-state index in [1.54, 1.807) is 0 Å². The molecule has 0 radical (unpaired) electrons. The van der Waals surface area contributed by atoms with Crippen molar-refractivity contribution in [3.63, 3.8) is 0 Å². The van der Waals surface area contributed by atoms with Gasteiger partial charge in [-0.05, 0) is 19.3 Å². The van der Waals surface area contributed by atoms with E-state index in [-0.39, 0.29) is 6.04 Å². The molecule has 2 rings (SSSR count). The molecule has 16 heavy (non-hydrogen) atoms. The molecule has 1 aromatic rings. The second-order valence-corrected chi connectivity index (χ2v) is 4.77. The molecule has 0 spiro atoms. The van der Waals surface area contributed by atoms with Crippen LogP contribution in [0.5, 0.6) is 0 Å². The molecule has 1 aromatic heterocycles. The van der Waals surface area contributed by atoms with Crippen molar-refractivity contribution >= 4 is 11.6 Å². The van der Waals surface area contributed by atoms with Gasteiger partial charge in [0, 0.05) is 19.5 Å². The Hall–Kier alpha value is -0.800. The van der Waals surface area contributed by atoms with Gasteiger partial charge in [0.25, 0.3) is 0 Å². The van der Waals surface area contributed by atoms with Gasteiger partial charge in [0.05, 0.1) is 16.4 Å². The number of aromatic nitrogens is 2. The fourth-order valence-electron chi connectivity index (χ4n) is 2.20. The Morgan fingerprint density at radius 1 is 1.62 bits per heavy atom. The van der Waals surface area contributed by atoms with E-state index in [2.05, 4.69) is 18.1 Å². The second-order valence-electron chi connectivity index (χ2n) is 4.39. The Labute approximate surface area is 101 Å². The largest absolute Gasteiger partial charge is 0.324 e. The van der Waals surface area contributed by atoms with Gasteiger partial charge in [0.15, 0.2) is 0 Å². The summed E-state index contributed by atoms with van der Waals surface area (Å²) in [5, 5.41) is 5.24. The first-order valence-corrected chi connectivity index (χ1v) is 6.15. The van der Waals surface area contributed by atoms with Gasteiger partial charge >= 0.3 is 0 Å². The van der Waals surface area contributed by atoms with Crippen molar-refractivity contribution in [1.29, 1.82) is 0 Å². The Bertz CT molecular complexity index is 420. The van der Waals surface area contributed by atoms with Crippen LogP contribution in [0.1, 0.15) is 31.2 Å². The first kappa shape index (κ1) is 11.7.